The Hall–Kier alpha value is -3.27. The topological polar surface area (TPSA) is 52.1 Å². The molecule has 0 aliphatic heterocycles. The van der Waals surface area contributed by atoms with E-state index in [1.165, 1.54) is 0 Å². The third-order valence-corrected chi connectivity index (χ3v) is 3.14. The van der Waals surface area contributed by atoms with Gasteiger partial charge in [-0.2, -0.15) is 0 Å². The van der Waals surface area contributed by atoms with Gasteiger partial charge in [-0.25, -0.2) is 4.79 Å². The van der Waals surface area contributed by atoms with Crippen LogP contribution in [0.5, 0.6) is 5.75 Å². The summed E-state index contributed by atoms with van der Waals surface area (Å²) < 4.78 is 5.32. The molecule has 1 aromatic carbocycles. The minimum Gasteiger partial charge on any atom is -0.423 e. The zero-order valence-electron chi connectivity index (χ0n) is 12.3. The lowest BCUT2D eigenvalue weighted by atomic mass is 10.2. The molecule has 0 bridgehead atoms. The SMILES string of the molecule is O=C(Oc1ccc(C=Cc2ccccn2)cc1)c1ccncc1. The first-order valence-electron chi connectivity index (χ1n) is 7.13. The zero-order valence-corrected chi connectivity index (χ0v) is 12.3. The highest BCUT2D eigenvalue weighted by Gasteiger charge is 2.07. The van der Waals surface area contributed by atoms with Gasteiger partial charge in [0.1, 0.15) is 5.75 Å². The van der Waals surface area contributed by atoms with Crippen LogP contribution in [0.3, 0.4) is 0 Å². The molecule has 0 aliphatic rings. The number of nitrogens with zero attached hydrogens (tertiary/aromatic N) is 2. The van der Waals surface area contributed by atoms with Gasteiger partial charge < -0.3 is 4.74 Å². The van der Waals surface area contributed by atoms with Gasteiger partial charge in [-0.05, 0) is 48.0 Å². The number of carbonyl (C=O) groups is 1. The van der Waals surface area contributed by atoms with Crippen LogP contribution < -0.4 is 4.74 Å². The number of benzene rings is 1. The van der Waals surface area contributed by atoms with Gasteiger partial charge in [0.05, 0.1) is 11.3 Å². The fourth-order valence-electron chi connectivity index (χ4n) is 1.96. The summed E-state index contributed by atoms with van der Waals surface area (Å²) in [6.45, 7) is 0. The number of rotatable bonds is 4. The Balaban J connectivity index is 1.65. The van der Waals surface area contributed by atoms with E-state index in [1.54, 1.807) is 42.9 Å². The van der Waals surface area contributed by atoms with Crippen LogP contribution in [0, 0.1) is 0 Å². The standard InChI is InChI=1S/C19H14N2O2/c22-19(16-10-13-20-14-11-16)23-18-8-5-15(6-9-18)4-7-17-3-1-2-12-21-17/h1-14H. The summed E-state index contributed by atoms with van der Waals surface area (Å²) in [6.07, 6.45) is 8.75. The molecule has 0 unspecified atom stereocenters. The van der Waals surface area contributed by atoms with E-state index in [-0.39, 0.29) is 0 Å². The molecular weight excluding hydrogens is 288 g/mol. The molecule has 0 spiro atoms. The van der Waals surface area contributed by atoms with Crippen molar-refractivity contribution in [2.45, 2.75) is 0 Å². The number of aromatic nitrogens is 2. The van der Waals surface area contributed by atoms with Gasteiger partial charge in [0.25, 0.3) is 0 Å². The molecule has 2 aromatic heterocycles. The second-order valence-electron chi connectivity index (χ2n) is 4.78. The van der Waals surface area contributed by atoms with Gasteiger partial charge in [0.2, 0.25) is 0 Å². The highest BCUT2D eigenvalue weighted by Crippen LogP contribution is 2.15. The maximum absolute atomic E-state index is 11.9. The molecule has 23 heavy (non-hydrogen) atoms. The van der Waals surface area contributed by atoms with Crippen molar-refractivity contribution < 1.29 is 9.53 Å². The van der Waals surface area contributed by atoms with Crippen LogP contribution in [0.1, 0.15) is 21.6 Å². The van der Waals surface area contributed by atoms with Crippen molar-refractivity contribution in [1.29, 1.82) is 0 Å². The molecular formula is C19H14N2O2. The van der Waals surface area contributed by atoms with E-state index < -0.39 is 5.97 Å². The molecule has 0 N–H and O–H groups in total. The summed E-state index contributed by atoms with van der Waals surface area (Å²) in [4.78, 5) is 20.0. The maximum atomic E-state index is 11.9. The Labute approximate surface area is 134 Å². The monoisotopic (exact) mass is 302 g/mol. The van der Waals surface area contributed by atoms with Crippen LogP contribution in [0.2, 0.25) is 0 Å². The first-order valence-corrected chi connectivity index (χ1v) is 7.13. The average Bonchev–Trinajstić information content (AvgIpc) is 2.63. The Morgan fingerprint density at radius 2 is 1.65 bits per heavy atom. The van der Waals surface area contributed by atoms with Gasteiger partial charge in [0, 0.05) is 18.6 Å². The molecule has 0 atom stereocenters. The van der Waals surface area contributed by atoms with Crippen molar-refractivity contribution in [3.63, 3.8) is 0 Å². The Morgan fingerprint density at radius 1 is 0.870 bits per heavy atom. The number of hydrogen-bond donors (Lipinski definition) is 0. The number of pyridine rings is 2. The summed E-state index contributed by atoms with van der Waals surface area (Å²) >= 11 is 0. The number of ether oxygens (including phenoxy) is 1. The molecule has 0 radical (unpaired) electrons. The average molecular weight is 302 g/mol. The second-order valence-corrected chi connectivity index (χ2v) is 4.78. The molecule has 3 aromatic rings. The molecule has 0 aliphatic carbocycles. The minimum absolute atomic E-state index is 0.399. The predicted molar refractivity (Wildman–Crippen MR) is 88.8 cm³/mol. The molecule has 2 heterocycles. The first kappa shape index (κ1) is 14.7. The van der Waals surface area contributed by atoms with E-state index >= 15 is 0 Å². The van der Waals surface area contributed by atoms with E-state index in [9.17, 15) is 4.79 Å². The van der Waals surface area contributed by atoms with Crippen LogP contribution in [-0.4, -0.2) is 15.9 Å². The van der Waals surface area contributed by atoms with Crippen LogP contribution in [0.25, 0.3) is 12.2 Å². The molecule has 4 nitrogen and oxygen atoms in total. The van der Waals surface area contributed by atoms with Crippen molar-refractivity contribution in [2.75, 3.05) is 0 Å². The summed E-state index contributed by atoms with van der Waals surface area (Å²) in [5.74, 6) is 0.103. The molecule has 0 saturated carbocycles. The fourth-order valence-corrected chi connectivity index (χ4v) is 1.96. The van der Waals surface area contributed by atoms with Crippen LogP contribution in [-0.2, 0) is 0 Å². The zero-order chi connectivity index (χ0) is 15.9. The smallest absolute Gasteiger partial charge is 0.343 e. The van der Waals surface area contributed by atoms with Crippen molar-refractivity contribution in [3.8, 4) is 5.75 Å². The molecule has 0 amide bonds. The Morgan fingerprint density at radius 3 is 2.35 bits per heavy atom. The van der Waals surface area contributed by atoms with Gasteiger partial charge in [-0.15, -0.1) is 0 Å². The largest absolute Gasteiger partial charge is 0.423 e. The van der Waals surface area contributed by atoms with Crippen molar-refractivity contribution in [1.82, 2.24) is 9.97 Å². The van der Waals surface area contributed by atoms with E-state index in [2.05, 4.69) is 9.97 Å². The second kappa shape index (κ2) is 7.13. The van der Waals surface area contributed by atoms with E-state index in [1.807, 2.05) is 42.5 Å². The van der Waals surface area contributed by atoms with E-state index in [0.29, 0.717) is 11.3 Å². The molecule has 3 rings (SSSR count). The number of carbonyl (C=O) groups excluding carboxylic acids is 1. The minimum atomic E-state index is -0.399. The molecule has 4 heteroatoms. The molecule has 0 fully saturated rings. The van der Waals surface area contributed by atoms with Crippen molar-refractivity contribution >= 4 is 18.1 Å². The predicted octanol–water partition coefficient (Wildman–Crippen LogP) is 3.87. The van der Waals surface area contributed by atoms with Crippen LogP contribution in [0.15, 0.2) is 73.2 Å². The van der Waals surface area contributed by atoms with Crippen molar-refractivity contribution in [3.05, 3.63) is 90.0 Å². The van der Waals surface area contributed by atoms with Gasteiger partial charge in [0.15, 0.2) is 0 Å². The summed E-state index contributed by atoms with van der Waals surface area (Å²) in [5, 5.41) is 0. The molecule has 112 valence electrons. The lowest BCUT2D eigenvalue weighted by molar-refractivity contribution is 0.0734. The Bertz CT molecular complexity index is 798. The highest BCUT2D eigenvalue weighted by atomic mass is 16.5. The first-order chi connectivity index (χ1) is 11.3. The third-order valence-electron chi connectivity index (χ3n) is 3.14. The van der Waals surface area contributed by atoms with Crippen LogP contribution in [0.4, 0.5) is 0 Å². The van der Waals surface area contributed by atoms with E-state index in [4.69, 9.17) is 4.74 Å². The fraction of sp³-hybridized carbons (Fsp3) is 0. The maximum Gasteiger partial charge on any atom is 0.343 e. The summed E-state index contributed by atoms with van der Waals surface area (Å²) in [7, 11) is 0. The summed E-state index contributed by atoms with van der Waals surface area (Å²) in [6, 6.07) is 16.3. The normalized spacial score (nSPS) is 10.6. The number of hydrogen-bond acceptors (Lipinski definition) is 4. The van der Waals surface area contributed by atoms with Gasteiger partial charge >= 0.3 is 5.97 Å². The number of esters is 1. The third kappa shape index (κ3) is 4.11. The Kier molecular flexibility index (Phi) is 4.55. The lowest BCUT2D eigenvalue weighted by Crippen LogP contribution is -2.08. The highest BCUT2D eigenvalue weighted by molar-refractivity contribution is 5.90. The summed E-state index contributed by atoms with van der Waals surface area (Å²) in [5.41, 5.74) is 2.36. The van der Waals surface area contributed by atoms with Crippen molar-refractivity contribution in [2.24, 2.45) is 0 Å². The van der Waals surface area contributed by atoms with E-state index in [0.717, 1.165) is 11.3 Å². The lowest BCUT2D eigenvalue weighted by Gasteiger charge is -2.04. The van der Waals surface area contributed by atoms with Crippen LogP contribution >= 0.6 is 0 Å². The molecule has 0 saturated heterocycles. The quantitative estimate of drug-likeness (QED) is 0.542. The van der Waals surface area contributed by atoms with Gasteiger partial charge in [-0.1, -0.05) is 24.3 Å². The van der Waals surface area contributed by atoms with Gasteiger partial charge in [-0.3, -0.25) is 9.97 Å².